The number of carbonyl (C=O) groups excluding carboxylic acids is 1. The van der Waals surface area contributed by atoms with Crippen LogP contribution < -0.4 is 10.6 Å². The normalized spacial score (nSPS) is 13.0. The Balaban J connectivity index is 1.78. The molecule has 1 aliphatic rings. The Morgan fingerprint density at radius 3 is 2.62 bits per heavy atom. The second kappa shape index (κ2) is 5.76. The van der Waals surface area contributed by atoms with E-state index in [0.717, 1.165) is 22.5 Å². The molecule has 2 aromatic rings. The summed E-state index contributed by atoms with van der Waals surface area (Å²) in [7, 11) is 0. The first-order valence-corrected chi connectivity index (χ1v) is 7.46. The lowest BCUT2D eigenvalue weighted by atomic mass is 10.1. The monoisotopic (exact) mass is 340 g/mol. The van der Waals surface area contributed by atoms with E-state index in [9.17, 15) is 4.79 Å². The lowest BCUT2D eigenvalue weighted by Crippen LogP contribution is -2.03. The van der Waals surface area contributed by atoms with Crippen molar-refractivity contribution in [2.75, 3.05) is 10.6 Å². The molecule has 0 aromatic heterocycles. The maximum absolute atomic E-state index is 11.4. The SMILES string of the molecule is O=C1Cc2cc(NCc3ccc(Cl)c(Cl)c3)c(Cl)cc2N1. The molecule has 2 aromatic carbocycles. The van der Waals surface area contributed by atoms with Crippen LogP contribution in [0.3, 0.4) is 0 Å². The van der Waals surface area contributed by atoms with Crippen LogP contribution in [0.15, 0.2) is 30.3 Å². The van der Waals surface area contributed by atoms with Gasteiger partial charge in [-0.15, -0.1) is 0 Å². The number of carbonyl (C=O) groups is 1. The quantitative estimate of drug-likeness (QED) is 0.845. The van der Waals surface area contributed by atoms with Gasteiger partial charge < -0.3 is 10.6 Å². The number of rotatable bonds is 3. The first-order valence-electron chi connectivity index (χ1n) is 6.33. The predicted octanol–water partition coefficient (Wildman–Crippen LogP) is 4.75. The van der Waals surface area contributed by atoms with Crippen LogP contribution in [0.5, 0.6) is 0 Å². The Hall–Kier alpha value is -1.42. The fourth-order valence-electron chi connectivity index (χ4n) is 2.23. The molecule has 1 amide bonds. The third-order valence-electron chi connectivity index (χ3n) is 3.28. The first kappa shape index (κ1) is 14.5. The molecule has 0 aliphatic carbocycles. The Morgan fingerprint density at radius 1 is 1.05 bits per heavy atom. The summed E-state index contributed by atoms with van der Waals surface area (Å²) in [5, 5.41) is 7.63. The molecule has 2 N–H and O–H groups in total. The lowest BCUT2D eigenvalue weighted by molar-refractivity contribution is -0.115. The molecule has 21 heavy (non-hydrogen) atoms. The Kier molecular flexibility index (Phi) is 3.98. The van der Waals surface area contributed by atoms with Crippen LogP contribution in [0.2, 0.25) is 15.1 Å². The van der Waals surface area contributed by atoms with Crippen LogP contribution in [-0.4, -0.2) is 5.91 Å². The second-order valence-corrected chi connectivity index (χ2v) is 6.04. The highest BCUT2D eigenvalue weighted by molar-refractivity contribution is 6.42. The Labute approximate surface area is 137 Å². The number of anilines is 2. The highest BCUT2D eigenvalue weighted by atomic mass is 35.5. The zero-order valence-corrected chi connectivity index (χ0v) is 13.1. The molecule has 0 saturated carbocycles. The summed E-state index contributed by atoms with van der Waals surface area (Å²) in [6.45, 7) is 0.566. The topological polar surface area (TPSA) is 41.1 Å². The summed E-state index contributed by atoms with van der Waals surface area (Å²) < 4.78 is 0. The van der Waals surface area contributed by atoms with E-state index in [1.54, 1.807) is 12.1 Å². The standard InChI is InChI=1S/C15H11Cl3N2O/c16-10-2-1-8(3-11(10)17)7-19-14-4-9-5-15(21)20-13(9)6-12(14)18/h1-4,6,19H,5,7H2,(H,20,21). The van der Waals surface area contributed by atoms with E-state index in [1.807, 2.05) is 18.2 Å². The minimum atomic E-state index is -0.0114. The van der Waals surface area contributed by atoms with Crippen molar-refractivity contribution < 1.29 is 4.79 Å². The van der Waals surface area contributed by atoms with Crippen LogP contribution in [0.4, 0.5) is 11.4 Å². The summed E-state index contributed by atoms with van der Waals surface area (Å²) in [6.07, 6.45) is 0.383. The molecular formula is C15H11Cl3N2O. The summed E-state index contributed by atoms with van der Waals surface area (Å²) in [5.41, 5.74) is 3.51. The molecule has 0 spiro atoms. The van der Waals surface area contributed by atoms with Gasteiger partial charge in [0.2, 0.25) is 5.91 Å². The van der Waals surface area contributed by atoms with E-state index in [2.05, 4.69) is 10.6 Å². The van der Waals surface area contributed by atoms with Crippen LogP contribution in [0, 0.1) is 0 Å². The number of hydrogen-bond acceptors (Lipinski definition) is 2. The van der Waals surface area contributed by atoms with Crippen molar-refractivity contribution in [1.82, 2.24) is 0 Å². The summed E-state index contributed by atoms with van der Waals surface area (Å²) in [6, 6.07) is 9.12. The molecule has 0 radical (unpaired) electrons. The second-order valence-electron chi connectivity index (χ2n) is 4.82. The molecule has 6 heteroatoms. The van der Waals surface area contributed by atoms with Crippen LogP contribution in [0.25, 0.3) is 0 Å². The fourth-order valence-corrected chi connectivity index (χ4v) is 2.78. The van der Waals surface area contributed by atoms with E-state index in [0.29, 0.717) is 28.0 Å². The molecule has 3 nitrogen and oxygen atoms in total. The molecule has 0 unspecified atom stereocenters. The molecule has 108 valence electrons. The van der Waals surface area contributed by atoms with Gasteiger partial charge >= 0.3 is 0 Å². The largest absolute Gasteiger partial charge is 0.380 e. The van der Waals surface area contributed by atoms with Gasteiger partial charge in [0.25, 0.3) is 0 Å². The van der Waals surface area contributed by atoms with Gasteiger partial charge in [-0.25, -0.2) is 0 Å². The zero-order valence-electron chi connectivity index (χ0n) is 10.8. The Morgan fingerprint density at radius 2 is 1.86 bits per heavy atom. The van der Waals surface area contributed by atoms with Crippen LogP contribution in [-0.2, 0) is 17.8 Å². The third kappa shape index (κ3) is 3.10. The van der Waals surface area contributed by atoms with Crippen molar-refractivity contribution in [2.24, 2.45) is 0 Å². The third-order valence-corrected chi connectivity index (χ3v) is 4.34. The summed E-state index contributed by atoms with van der Waals surface area (Å²) >= 11 is 18.1. The number of nitrogens with one attached hydrogen (secondary N) is 2. The van der Waals surface area contributed by atoms with Gasteiger partial charge in [-0.05, 0) is 35.4 Å². The van der Waals surface area contributed by atoms with Crippen LogP contribution in [0.1, 0.15) is 11.1 Å². The molecule has 1 aliphatic heterocycles. The average molecular weight is 342 g/mol. The molecule has 1 heterocycles. The molecule has 0 fully saturated rings. The average Bonchev–Trinajstić information content (AvgIpc) is 2.79. The minimum absolute atomic E-state index is 0.0114. The van der Waals surface area contributed by atoms with Crippen molar-refractivity contribution in [1.29, 1.82) is 0 Å². The van der Waals surface area contributed by atoms with Gasteiger partial charge in [0, 0.05) is 12.2 Å². The van der Waals surface area contributed by atoms with E-state index >= 15 is 0 Å². The van der Waals surface area contributed by atoms with Gasteiger partial charge in [-0.1, -0.05) is 40.9 Å². The van der Waals surface area contributed by atoms with Crippen molar-refractivity contribution in [3.63, 3.8) is 0 Å². The van der Waals surface area contributed by atoms with Crippen molar-refractivity contribution >= 4 is 52.1 Å². The van der Waals surface area contributed by atoms with Crippen LogP contribution >= 0.6 is 34.8 Å². The van der Waals surface area contributed by atoms with E-state index < -0.39 is 0 Å². The number of amides is 1. The number of benzene rings is 2. The molecular weight excluding hydrogens is 331 g/mol. The molecule has 0 bridgehead atoms. The van der Waals surface area contributed by atoms with Gasteiger partial charge in [0.05, 0.1) is 27.2 Å². The van der Waals surface area contributed by atoms with Crippen molar-refractivity contribution in [3.8, 4) is 0 Å². The number of fused-ring (bicyclic) bond motifs is 1. The van der Waals surface area contributed by atoms with Crippen molar-refractivity contribution in [3.05, 3.63) is 56.5 Å². The molecule has 0 atom stereocenters. The summed E-state index contributed by atoms with van der Waals surface area (Å²) in [5.74, 6) is -0.0114. The lowest BCUT2D eigenvalue weighted by Gasteiger charge is -2.11. The highest BCUT2D eigenvalue weighted by Crippen LogP contribution is 2.33. The zero-order chi connectivity index (χ0) is 15.0. The maximum Gasteiger partial charge on any atom is 0.228 e. The van der Waals surface area contributed by atoms with E-state index in [1.165, 1.54) is 0 Å². The highest BCUT2D eigenvalue weighted by Gasteiger charge is 2.19. The molecule has 0 saturated heterocycles. The smallest absolute Gasteiger partial charge is 0.228 e. The fraction of sp³-hybridized carbons (Fsp3) is 0.133. The summed E-state index contributed by atoms with van der Waals surface area (Å²) in [4.78, 5) is 11.4. The maximum atomic E-state index is 11.4. The first-order chi connectivity index (χ1) is 10.0. The van der Waals surface area contributed by atoms with Gasteiger partial charge in [0.15, 0.2) is 0 Å². The van der Waals surface area contributed by atoms with Gasteiger partial charge in [-0.2, -0.15) is 0 Å². The van der Waals surface area contributed by atoms with E-state index in [-0.39, 0.29) is 5.91 Å². The predicted molar refractivity (Wildman–Crippen MR) is 87.6 cm³/mol. The minimum Gasteiger partial charge on any atom is -0.380 e. The van der Waals surface area contributed by atoms with Crippen molar-refractivity contribution in [2.45, 2.75) is 13.0 Å². The number of hydrogen-bond donors (Lipinski definition) is 2. The Bertz CT molecular complexity index is 731. The van der Waals surface area contributed by atoms with Gasteiger partial charge in [0.1, 0.15) is 0 Å². The molecule has 3 rings (SSSR count). The number of halogens is 3. The van der Waals surface area contributed by atoms with Gasteiger partial charge in [-0.3, -0.25) is 4.79 Å². The van der Waals surface area contributed by atoms with E-state index in [4.69, 9.17) is 34.8 Å².